The summed E-state index contributed by atoms with van der Waals surface area (Å²) < 4.78 is 0. The lowest BCUT2D eigenvalue weighted by Gasteiger charge is -2.30. The van der Waals surface area contributed by atoms with Crippen LogP contribution >= 0.6 is 0 Å². The van der Waals surface area contributed by atoms with Crippen molar-refractivity contribution in [3.05, 3.63) is 65.7 Å². The van der Waals surface area contributed by atoms with E-state index in [2.05, 4.69) is 35.6 Å². The van der Waals surface area contributed by atoms with E-state index < -0.39 is 5.97 Å². The van der Waals surface area contributed by atoms with Crippen LogP contribution in [0.25, 0.3) is 0 Å². The SMILES string of the molecule is O=C(O)c1cccc(NC2CCC(c3ccccc3)CC2)c1. The van der Waals surface area contributed by atoms with Crippen molar-refractivity contribution in [2.45, 2.75) is 37.6 Å². The second-order valence-corrected chi connectivity index (χ2v) is 5.99. The standard InChI is InChI=1S/C19H21NO2/c21-19(22)16-7-4-8-18(13-16)20-17-11-9-15(10-12-17)14-5-2-1-3-6-14/h1-8,13,15,17,20H,9-12H2,(H,21,22). The van der Waals surface area contributed by atoms with Crippen LogP contribution in [0.4, 0.5) is 5.69 Å². The van der Waals surface area contributed by atoms with Gasteiger partial charge in [-0.15, -0.1) is 0 Å². The van der Waals surface area contributed by atoms with Gasteiger partial charge in [0.2, 0.25) is 0 Å². The summed E-state index contributed by atoms with van der Waals surface area (Å²) in [6, 6.07) is 18.2. The van der Waals surface area contributed by atoms with Gasteiger partial charge in [0.25, 0.3) is 0 Å². The first-order valence-electron chi connectivity index (χ1n) is 7.87. The van der Waals surface area contributed by atoms with Gasteiger partial charge in [-0.1, -0.05) is 36.4 Å². The third-order valence-corrected chi connectivity index (χ3v) is 4.48. The number of carboxylic acid groups (broad SMARTS) is 1. The average molecular weight is 295 g/mol. The summed E-state index contributed by atoms with van der Waals surface area (Å²) in [5.41, 5.74) is 2.68. The fraction of sp³-hybridized carbons (Fsp3) is 0.316. The molecule has 0 aromatic heterocycles. The quantitative estimate of drug-likeness (QED) is 0.871. The van der Waals surface area contributed by atoms with E-state index in [0.29, 0.717) is 17.5 Å². The lowest BCUT2D eigenvalue weighted by molar-refractivity contribution is 0.0697. The molecule has 114 valence electrons. The molecule has 3 rings (SSSR count). The van der Waals surface area contributed by atoms with Gasteiger partial charge in [0.1, 0.15) is 0 Å². The number of benzene rings is 2. The molecule has 2 aromatic rings. The Balaban J connectivity index is 1.58. The molecule has 0 unspecified atom stereocenters. The van der Waals surface area contributed by atoms with Crippen molar-refractivity contribution in [2.75, 3.05) is 5.32 Å². The summed E-state index contributed by atoms with van der Waals surface area (Å²) in [5.74, 6) is -0.221. The molecule has 1 aliphatic carbocycles. The van der Waals surface area contributed by atoms with Gasteiger partial charge in [-0.3, -0.25) is 0 Å². The number of hydrogen-bond acceptors (Lipinski definition) is 2. The fourth-order valence-electron chi connectivity index (χ4n) is 3.27. The number of rotatable bonds is 4. The molecule has 2 aromatic carbocycles. The van der Waals surface area contributed by atoms with Crippen LogP contribution in [-0.4, -0.2) is 17.1 Å². The van der Waals surface area contributed by atoms with E-state index in [9.17, 15) is 4.79 Å². The first kappa shape index (κ1) is 14.6. The van der Waals surface area contributed by atoms with E-state index in [1.807, 2.05) is 6.07 Å². The minimum Gasteiger partial charge on any atom is -0.478 e. The van der Waals surface area contributed by atoms with Crippen molar-refractivity contribution in [2.24, 2.45) is 0 Å². The molecule has 3 heteroatoms. The molecule has 1 fully saturated rings. The van der Waals surface area contributed by atoms with Gasteiger partial charge in [-0.2, -0.15) is 0 Å². The molecular formula is C19H21NO2. The highest BCUT2D eigenvalue weighted by atomic mass is 16.4. The smallest absolute Gasteiger partial charge is 0.335 e. The maximum Gasteiger partial charge on any atom is 0.335 e. The summed E-state index contributed by atoms with van der Waals surface area (Å²) in [7, 11) is 0. The second-order valence-electron chi connectivity index (χ2n) is 5.99. The molecule has 0 bridgehead atoms. The summed E-state index contributed by atoms with van der Waals surface area (Å²) in [4.78, 5) is 11.0. The molecule has 1 aliphatic rings. The highest BCUT2D eigenvalue weighted by Gasteiger charge is 2.22. The fourth-order valence-corrected chi connectivity index (χ4v) is 3.27. The van der Waals surface area contributed by atoms with Crippen molar-refractivity contribution >= 4 is 11.7 Å². The lowest BCUT2D eigenvalue weighted by Crippen LogP contribution is -2.25. The molecule has 0 spiro atoms. The third kappa shape index (κ3) is 3.48. The molecule has 0 aliphatic heterocycles. The Kier molecular flexibility index (Phi) is 4.42. The number of carboxylic acids is 1. The van der Waals surface area contributed by atoms with Crippen molar-refractivity contribution in [3.63, 3.8) is 0 Å². The van der Waals surface area contributed by atoms with E-state index in [0.717, 1.165) is 18.5 Å². The van der Waals surface area contributed by atoms with Crippen molar-refractivity contribution in [3.8, 4) is 0 Å². The minimum atomic E-state index is -0.878. The van der Waals surface area contributed by atoms with Crippen LogP contribution in [0.15, 0.2) is 54.6 Å². The molecule has 0 radical (unpaired) electrons. The van der Waals surface area contributed by atoms with Gasteiger partial charge in [0.05, 0.1) is 5.56 Å². The van der Waals surface area contributed by atoms with Gasteiger partial charge in [0, 0.05) is 11.7 Å². The molecule has 0 saturated heterocycles. The van der Waals surface area contributed by atoms with Crippen LogP contribution in [0.5, 0.6) is 0 Å². The average Bonchev–Trinajstić information content (AvgIpc) is 2.56. The summed E-state index contributed by atoms with van der Waals surface area (Å²) in [5, 5.41) is 12.5. The zero-order valence-electron chi connectivity index (χ0n) is 12.5. The Hall–Kier alpha value is -2.29. The van der Waals surface area contributed by atoms with Gasteiger partial charge >= 0.3 is 5.97 Å². The number of carbonyl (C=O) groups is 1. The summed E-state index contributed by atoms with van der Waals surface area (Å²) >= 11 is 0. The summed E-state index contributed by atoms with van der Waals surface area (Å²) in [6.45, 7) is 0. The van der Waals surface area contributed by atoms with Gasteiger partial charge in [-0.25, -0.2) is 4.79 Å². The predicted molar refractivity (Wildman–Crippen MR) is 88.5 cm³/mol. The highest BCUT2D eigenvalue weighted by molar-refractivity contribution is 5.88. The topological polar surface area (TPSA) is 49.3 Å². The Labute approximate surface area is 131 Å². The number of nitrogens with one attached hydrogen (secondary N) is 1. The van der Waals surface area contributed by atoms with E-state index in [1.54, 1.807) is 18.2 Å². The molecule has 3 nitrogen and oxygen atoms in total. The minimum absolute atomic E-state index is 0.336. The van der Waals surface area contributed by atoms with Gasteiger partial charge in [-0.05, 0) is 55.4 Å². The number of hydrogen-bond donors (Lipinski definition) is 2. The maximum atomic E-state index is 11.0. The third-order valence-electron chi connectivity index (χ3n) is 4.48. The highest BCUT2D eigenvalue weighted by Crippen LogP contribution is 2.33. The monoisotopic (exact) mass is 295 g/mol. The van der Waals surface area contributed by atoms with Crippen LogP contribution in [0.1, 0.15) is 47.5 Å². The first-order valence-corrected chi connectivity index (χ1v) is 7.87. The van der Waals surface area contributed by atoms with Crippen molar-refractivity contribution in [1.82, 2.24) is 0 Å². The second kappa shape index (κ2) is 6.65. The van der Waals surface area contributed by atoms with Crippen LogP contribution in [0, 0.1) is 0 Å². The van der Waals surface area contributed by atoms with Crippen LogP contribution < -0.4 is 5.32 Å². The molecule has 22 heavy (non-hydrogen) atoms. The zero-order chi connectivity index (χ0) is 15.4. The predicted octanol–water partition coefficient (Wildman–Crippen LogP) is 4.52. The molecule has 0 heterocycles. The van der Waals surface area contributed by atoms with Crippen molar-refractivity contribution in [1.29, 1.82) is 0 Å². The Morgan fingerprint density at radius 1 is 0.955 bits per heavy atom. The number of aromatic carboxylic acids is 1. The van der Waals surface area contributed by atoms with Gasteiger partial charge in [0.15, 0.2) is 0 Å². The zero-order valence-corrected chi connectivity index (χ0v) is 12.5. The summed E-state index contributed by atoms with van der Waals surface area (Å²) in [6.07, 6.45) is 4.61. The Morgan fingerprint density at radius 2 is 1.68 bits per heavy atom. The Bertz CT molecular complexity index is 631. The van der Waals surface area contributed by atoms with Crippen LogP contribution in [0.2, 0.25) is 0 Å². The van der Waals surface area contributed by atoms with E-state index in [-0.39, 0.29) is 0 Å². The first-order chi connectivity index (χ1) is 10.7. The molecule has 2 N–H and O–H groups in total. The molecular weight excluding hydrogens is 274 g/mol. The van der Waals surface area contributed by atoms with Gasteiger partial charge < -0.3 is 10.4 Å². The van der Waals surface area contributed by atoms with E-state index in [4.69, 9.17) is 5.11 Å². The normalized spacial score (nSPS) is 21.3. The Morgan fingerprint density at radius 3 is 2.36 bits per heavy atom. The molecule has 0 atom stereocenters. The number of anilines is 1. The van der Waals surface area contributed by atoms with Crippen molar-refractivity contribution < 1.29 is 9.90 Å². The lowest BCUT2D eigenvalue weighted by atomic mass is 9.82. The maximum absolute atomic E-state index is 11.0. The largest absolute Gasteiger partial charge is 0.478 e. The molecule has 1 saturated carbocycles. The van der Waals surface area contributed by atoms with E-state index >= 15 is 0 Å². The molecule has 0 amide bonds. The van der Waals surface area contributed by atoms with Crippen LogP contribution in [-0.2, 0) is 0 Å². The van der Waals surface area contributed by atoms with E-state index in [1.165, 1.54) is 18.4 Å². The van der Waals surface area contributed by atoms with Crippen LogP contribution in [0.3, 0.4) is 0 Å².